The number of carbonyl (C=O) groups excluding carboxylic acids is 2. The highest BCUT2D eigenvalue weighted by Crippen LogP contribution is 2.26. The summed E-state index contributed by atoms with van der Waals surface area (Å²) in [7, 11) is 0. The van der Waals surface area contributed by atoms with Gasteiger partial charge in [-0.25, -0.2) is 4.79 Å². The van der Waals surface area contributed by atoms with Gasteiger partial charge in [-0.3, -0.25) is 4.79 Å². The Morgan fingerprint density at radius 1 is 1.38 bits per heavy atom. The molecule has 1 aromatic rings. The summed E-state index contributed by atoms with van der Waals surface area (Å²) in [6.07, 6.45) is 1.60. The van der Waals surface area contributed by atoms with E-state index in [9.17, 15) is 9.59 Å². The predicted molar refractivity (Wildman–Crippen MR) is 84.7 cm³/mol. The number of nitrogens with one attached hydrogen (secondary N) is 2. The maximum atomic E-state index is 12.0. The highest BCUT2D eigenvalue weighted by Gasteiger charge is 2.22. The van der Waals surface area contributed by atoms with Crippen LogP contribution in [0.4, 0.5) is 4.79 Å². The molecule has 0 radical (unpaired) electrons. The normalized spacial score (nSPS) is 17.4. The van der Waals surface area contributed by atoms with Crippen molar-refractivity contribution < 1.29 is 9.59 Å². The lowest BCUT2D eigenvalue weighted by molar-refractivity contribution is -0.129. The van der Waals surface area contributed by atoms with Crippen molar-refractivity contribution in [2.24, 2.45) is 0 Å². The summed E-state index contributed by atoms with van der Waals surface area (Å²) in [6.45, 7) is 4.92. The number of piperidine rings is 1. The van der Waals surface area contributed by atoms with Crippen molar-refractivity contribution in [3.05, 3.63) is 21.3 Å². The molecule has 21 heavy (non-hydrogen) atoms. The number of rotatable bonds is 3. The Kier molecular flexibility index (Phi) is 5.47. The third kappa shape index (κ3) is 4.61. The van der Waals surface area contributed by atoms with Crippen molar-refractivity contribution in [2.45, 2.75) is 38.8 Å². The number of amides is 3. The lowest BCUT2D eigenvalue weighted by Crippen LogP contribution is -2.49. The predicted octanol–water partition coefficient (Wildman–Crippen LogP) is 2.77. The number of urea groups is 1. The van der Waals surface area contributed by atoms with Crippen molar-refractivity contribution in [3.8, 4) is 0 Å². The Balaban J connectivity index is 1.76. The van der Waals surface area contributed by atoms with Crippen LogP contribution in [0, 0.1) is 0 Å². The van der Waals surface area contributed by atoms with E-state index in [1.54, 1.807) is 6.92 Å². The second-order valence-electron chi connectivity index (χ2n) is 5.26. The van der Waals surface area contributed by atoms with Crippen LogP contribution in [0.15, 0.2) is 12.1 Å². The van der Waals surface area contributed by atoms with Crippen LogP contribution in [0.5, 0.6) is 0 Å². The van der Waals surface area contributed by atoms with E-state index in [-0.39, 0.29) is 24.0 Å². The standard InChI is InChI=1S/C14H20ClN3O2S/c1-9(12-3-4-13(15)21-12)16-14(20)17-11-5-7-18(8-6-11)10(2)19/h3-4,9,11H,5-8H2,1-2H3,(H2,16,17,20)/t9-/m1/s1. The van der Waals surface area contributed by atoms with Crippen molar-refractivity contribution in [3.63, 3.8) is 0 Å². The van der Waals surface area contributed by atoms with Crippen molar-refractivity contribution in [2.75, 3.05) is 13.1 Å². The maximum Gasteiger partial charge on any atom is 0.315 e. The molecular formula is C14H20ClN3O2S. The second-order valence-corrected chi connectivity index (χ2v) is 7.01. The molecule has 0 unspecified atom stereocenters. The van der Waals surface area contributed by atoms with E-state index in [4.69, 9.17) is 11.6 Å². The van der Waals surface area contributed by atoms with E-state index in [0.29, 0.717) is 13.1 Å². The molecule has 1 aliphatic rings. The number of carbonyl (C=O) groups is 2. The van der Waals surface area contributed by atoms with Crippen LogP contribution in [-0.4, -0.2) is 36.0 Å². The highest BCUT2D eigenvalue weighted by molar-refractivity contribution is 7.16. The first-order valence-electron chi connectivity index (χ1n) is 7.03. The molecule has 1 fully saturated rings. The average Bonchev–Trinajstić information content (AvgIpc) is 2.86. The zero-order chi connectivity index (χ0) is 15.4. The topological polar surface area (TPSA) is 61.4 Å². The van der Waals surface area contributed by atoms with Gasteiger partial charge in [0.1, 0.15) is 0 Å². The molecule has 0 bridgehead atoms. The Morgan fingerprint density at radius 2 is 2.05 bits per heavy atom. The van der Waals surface area contributed by atoms with Crippen LogP contribution in [0.2, 0.25) is 4.34 Å². The SMILES string of the molecule is CC(=O)N1CCC(NC(=O)N[C@H](C)c2ccc(Cl)s2)CC1. The number of hydrogen-bond acceptors (Lipinski definition) is 3. The second kappa shape index (κ2) is 7.13. The fourth-order valence-electron chi connectivity index (χ4n) is 2.39. The molecule has 3 amide bonds. The van der Waals surface area contributed by atoms with Gasteiger partial charge in [0, 0.05) is 30.9 Å². The molecule has 0 aliphatic carbocycles. The van der Waals surface area contributed by atoms with Gasteiger partial charge >= 0.3 is 6.03 Å². The molecule has 1 atom stereocenters. The lowest BCUT2D eigenvalue weighted by atomic mass is 10.1. The molecule has 0 aromatic carbocycles. The molecule has 2 heterocycles. The molecule has 1 aromatic heterocycles. The highest BCUT2D eigenvalue weighted by atomic mass is 35.5. The van der Waals surface area contributed by atoms with Gasteiger partial charge in [0.25, 0.3) is 0 Å². The fraction of sp³-hybridized carbons (Fsp3) is 0.571. The summed E-state index contributed by atoms with van der Waals surface area (Å²) < 4.78 is 0.718. The van der Waals surface area contributed by atoms with Gasteiger partial charge in [-0.15, -0.1) is 11.3 Å². The summed E-state index contributed by atoms with van der Waals surface area (Å²) in [5.74, 6) is 0.0982. The maximum absolute atomic E-state index is 12.0. The van der Waals surface area contributed by atoms with Crippen LogP contribution in [0.1, 0.15) is 37.6 Å². The van der Waals surface area contributed by atoms with E-state index in [0.717, 1.165) is 22.1 Å². The third-order valence-corrected chi connectivity index (χ3v) is 5.06. The summed E-state index contributed by atoms with van der Waals surface area (Å²) in [5.41, 5.74) is 0. The molecule has 0 spiro atoms. The monoisotopic (exact) mass is 329 g/mol. The minimum atomic E-state index is -0.173. The summed E-state index contributed by atoms with van der Waals surface area (Å²) in [5, 5.41) is 5.88. The zero-order valence-corrected chi connectivity index (χ0v) is 13.8. The van der Waals surface area contributed by atoms with Gasteiger partial charge in [0.2, 0.25) is 5.91 Å². The van der Waals surface area contributed by atoms with Gasteiger partial charge in [-0.05, 0) is 31.9 Å². The lowest BCUT2D eigenvalue weighted by Gasteiger charge is -2.31. The third-order valence-electron chi connectivity index (χ3n) is 3.64. The van der Waals surface area contributed by atoms with Gasteiger partial charge in [0.05, 0.1) is 10.4 Å². The van der Waals surface area contributed by atoms with Gasteiger partial charge in [0.15, 0.2) is 0 Å². The van der Waals surface area contributed by atoms with Gasteiger partial charge in [-0.1, -0.05) is 11.6 Å². The minimum Gasteiger partial charge on any atom is -0.343 e. The van der Waals surface area contributed by atoms with Crippen LogP contribution < -0.4 is 10.6 Å². The number of halogens is 1. The largest absolute Gasteiger partial charge is 0.343 e. The Bertz CT molecular complexity index is 512. The van der Waals surface area contributed by atoms with Crippen molar-refractivity contribution in [1.82, 2.24) is 15.5 Å². The summed E-state index contributed by atoms with van der Waals surface area (Å²) in [4.78, 5) is 26.1. The number of thiophene rings is 1. The van der Waals surface area contributed by atoms with Crippen LogP contribution in [-0.2, 0) is 4.79 Å². The van der Waals surface area contributed by atoms with Crippen molar-refractivity contribution >= 4 is 34.9 Å². The zero-order valence-electron chi connectivity index (χ0n) is 12.2. The Hall–Kier alpha value is -1.27. The first kappa shape index (κ1) is 16.1. The van der Waals surface area contributed by atoms with E-state index in [1.807, 2.05) is 24.0 Å². The average molecular weight is 330 g/mol. The quantitative estimate of drug-likeness (QED) is 0.895. The Labute approximate surface area is 133 Å². The smallest absolute Gasteiger partial charge is 0.315 e. The van der Waals surface area contributed by atoms with E-state index < -0.39 is 0 Å². The summed E-state index contributed by atoms with van der Waals surface area (Å²) >= 11 is 7.36. The van der Waals surface area contributed by atoms with Crippen LogP contribution >= 0.6 is 22.9 Å². The number of nitrogens with zero attached hydrogens (tertiary/aromatic N) is 1. The number of likely N-dealkylation sites (tertiary alicyclic amines) is 1. The van der Waals surface area contributed by atoms with Gasteiger partial charge < -0.3 is 15.5 Å². The van der Waals surface area contributed by atoms with E-state index >= 15 is 0 Å². The molecule has 2 rings (SSSR count). The first-order valence-corrected chi connectivity index (χ1v) is 8.23. The first-order chi connectivity index (χ1) is 9.95. The van der Waals surface area contributed by atoms with E-state index in [2.05, 4.69) is 10.6 Å². The van der Waals surface area contributed by atoms with Gasteiger partial charge in [-0.2, -0.15) is 0 Å². The molecule has 1 saturated heterocycles. The van der Waals surface area contributed by atoms with E-state index in [1.165, 1.54) is 11.3 Å². The molecule has 0 saturated carbocycles. The van der Waals surface area contributed by atoms with Crippen LogP contribution in [0.3, 0.4) is 0 Å². The van der Waals surface area contributed by atoms with Crippen molar-refractivity contribution in [1.29, 1.82) is 0 Å². The molecule has 5 nitrogen and oxygen atoms in total. The fourth-order valence-corrected chi connectivity index (χ4v) is 3.46. The molecular weight excluding hydrogens is 310 g/mol. The van der Waals surface area contributed by atoms with Crippen LogP contribution in [0.25, 0.3) is 0 Å². The minimum absolute atomic E-state index is 0.0696. The number of hydrogen-bond donors (Lipinski definition) is 2. The molecule has 116 valence electrons. The Morgan fingerprint density at radius 3 is 2.57 bits per heavy atom. The summed E-state index contributed by atoms with van der Waals surface area (Å²) in [6, 6.07) is 3.63. The molecule has 7 heteroatoms. The molecule has 1 aliphatic heterocycles. The molecule has 2 N–H and O–H groups in total.